The van der Waals surface area contributed by atoms with E-state index in [1.54, 1.807) is 0 Å². The molecule has 0 radical (unpaired) electrons. The fraction of sp³-hybridized carbons (Fsp3) is 0. The summed E-state index contributed by atoms with van der Waals surface area (Å²) >= 11 is 0. The predicted octanol–water partition coefficient (Wildman–Crippen LogP) is 17.0. The van der Waals surface area contributed by atoms with Gasteiger partial charge in [0.25, 0.3) is 0 Å². The lowest BCUT2D eigenvalue weighted by Crippen LogP contribution is -2.11. The van der Waals surface area contributed by atoms with Crippen LogP contribution in [0.5, 0.6) is 0 Å². The third kappa shape index (κ3) is 6.83. The van der Waals surface area contributed by atoms with E-state index in [1.807, 2.05) is 0 Å². The highest BCUT2D eigenvalue weighted by atomic mass is 15.1. The number of benzene rings is 11. The minimum Gasteiger partial charge on any atom is -0.310 e. The topological polar surface area (TPSA) is 3.24 Å². The molecule has 0 fully saturated rings. The van der Waals surface area contributed by atoms with Crippen molar-refractivity contribution in [3.63, 3.8) is 0 Å². The van der Waals surface area contributed by atoms with Crippen molar-refractivity contribution in [2.24, 2.45) is 0 Å². The standard InChI is InChI=1S/C60H41N/c1-4-15-42(16-5-1)44-31-35-51(36-32-44)61(52-23-14-22-49(39-52)43-17-6-2-7-18-43)60-38-34-50(40-58(60)46-19-8-3-9-20-46)45-27-29-48(30-28-45)57-41-59-53-24-11-10-21-47(53)33-37-56(59)54-25-12-13-26-55(54)57/h1-41H. The zero-order chi connectivity index (χ0) is 40.5. The molecule has 1 heteroatoms. The molecule has 0 aliphatic carbocycles. The lowest BCUT2D eigenvalue weighted by Gasteiger charge is -2.29. The molecule has 0 N–H and O–H groups in total. The minimum absolute atomic E-state index is 1.09. The highest BCUT2D eigenvalue weighted by Crippen LogP contribution is 2.45. The molecular formula is C60H41N. The molecule has 0 aliphatic rings. The van der Waals surface area contributed by atoms with Gasteiger partial charge in [-0.3, -0.25) is 0 Å². The van der Waals surface area contributed by atoms with Crippen LogP contribution in [-0.2, 0) is 0 Å². The average Bonchev–Trinajstić information content (AvgIpc) is 3.35. The third-order valence-corrected chi connectivity index (χ3v) is 12.1. The first-order chi connectivity index (χ1) is 30.2. The van der Waals surface area contributed by atoms with Gasteiger partial charge in [0.15, 0.2) is 0 Å². The van der Waals surface area contributed by atoms with Crippen LogP contribution in [0.4, 0.5) is 17.1 Å². The third-order valence-electron chi connectivity index (χ3n) is 12.1. The van der Waals surface area contributed by atoms with E-state index in [0.29, 0.717) is 0 Å². The van der Waals surface area contributed by atoms with Crippen LogP contribution in [0.15, 0.2) is 249 Å². The van der Waals surface area contributed by atoms with Crippen molar-refractivity contribution in [3.8, 4) is 55.6 Å². The van der Waals surface area contributed by atoms with E-state index in [4.69, 9.17) is 0 Å². The first-order valence-electron chi connectivity index (χ1n) is 21.0. The van der Waals surface area contributed by atoms with Crippen molar-refractivity contribution in [1.29, 1.82) is 0 Å². The molecule has 0 saturated carbocycles. The van der Waals surface area contributed by atoms with E-state index in [9.17, 15) is 0 Å². The largest absolute Gasteiger partial charge is 0.310 e. The van der Waals surface area contributed by atoms with Gasteiger partial charge in [-0.05, 0) is 125 Å². The van der Waals surface area contributed by atoms with E-state index in [1.165, 1.54) is 76.8 Å². The zero-order valence-corrected chi connectivity index (χ0v) is 33.6. The molecule has 0 spiro atoms. The van der Waals surface area contributed by atoms with Crippen molar-refractivity contribution in [2.45, 2.75) is 0 Å². The highest BCUT2D eigenvalue weighted by molar-refractivity contribution is 6.21. The number of fused-ring (bicyclic) bond motifs is 5. The summed E-state index contributed by atoms with van der Waals surface area (Å²) in [4.78, 5) is 2.41. The summed E-state index contributed by atoms with van der Waals surface area (Å²) < 4.78 is 0. The Balaban J connectivity index is 1.04. The number of hydrogen-bond donors (Lipinski definition) is 0. The Morgan fingerprint density at radius 2 is 0.689 bits per heavy atom. The van der Waals surface area contributed by atoms with E-state index in [0.717, 1.165) is 28.2 Å². The predicted molar refractivity (Wildman–Crippen MR) is 261 cm³/mol. The second-order valence-corrected chi connectivity index (χ2v) is 15.7. The summed E-state index contributed by atoms with van der Waals surface area (Å²) in [6, 6.07) is 90.4. The van der Waals surface area contributed by atoms with Gasteiger partial charge in [0.1, 0.15) is 0 Å². The molecule has 0 unspecified atom stereocenters. The van der Waals surface area contributed by atoms with Crippen molar-refractivity contribution < 1.29 is 0 Å². The first kappa shape index (κ1) is 36.1. The molecule has 0 atom stereocenters. The summed E-state index contributed by atoms with van der Waals surface area (Å²) in [5.41, 5.74) is 15.2. The molecule has 1 nitrogen and oxygen atoms in total. The Bertz CT molecular complexity index is 3320. The van der Waals surface area contributed by atoms with Crippen molar-refractivity contribution in [3.05, 3.63) is 249 Å². The zero-order valence-electron chi connectivity index (χ0n) is 33.6. The average molecular weight is 776 g/mol. The van der Waals surface area contributed by atoms with Crippen molar-refractivity contribution in [2.75, 3.05) is 4.90 Å². The van der Waals surface area contributed by atoms with E-state index < -0.39 is 0 Å². The Morgan fingerprint density at radius 3 is 1.41 bits per heavy atom. The molecule has 0 saturated heterocycles. The summed E-state index contributed by atoms with van der Waals surface area (Å²) in [6.07, 6.45) is 0. The quantitative estimate of drug-likeness (QED) is 0.139. The van der Waals surface area contributed by atoms with Crippen LogP contribution >= 0.6 is 0 Å². The van der Waals surface area contributed by atoms with Crippen LogP contribution < -0.4 is 4.90 Å². The number of nitrogens with zero attached hydrogens (tertiary/aromatic N) is 1. The monoisotopic (exact) mass is 775 g/mol. The molecule has 0 amide bonds. The Morgan fingerprint density at radius 1 is 0.213 bits per heavy atom. The summed E-state index contributed by atoms with van der Waals surface area (Å²) in [5, 5.41) is 7.66. The lowest BCUT2D eigenvalue weighted by atomic mass is 9.90. The fourth-order valence-electron chi connectivity index (χ4n) is 9.02. The van der Waals surface area contributed by atoms with Gasteiger partial charge in [-0.25, -0.2) is 0 Å². The van der Waals surface area contributed by atoms with Gasteiger partial charge in [-0.1, -0.05) is 206 Å². The summed E-state index contributed by atoms with van der Waals surface area (Å²) in [5.74, 6) is 0. The molecule has 61 heavy (non-hydrogen) atoms. The summed E-state index contributed by atoms with van der Waals surface area (Å²) in [6.45, 7) is 0. The summed E-state index contributed by atoms with van der Waals surface area (Å²) in [7, 11) is 0. The van der Waals surface area contributed by atoms with Gasteiger partial charge in [0, 0.05) is 16.9 Å². The molecule has 0 bridgehead atoms. The van der Waals surface area contributed by atoms with Gasteiger partial charge in [-0.2, -0.15) is 0 Å². The molecule has 0 aliphatic heterocycles. The Labute approximate surface area is 357 Å². The van der Waals surface area contributed by atoms with E-state index >= 15 is 0 Å². The second kappa shape index (κ2) is 15.6. The lowest BCUT2D eigenvalue weighted by molar-refractivity contribution is 1.28. The van der Waals surface area contributed by atoms with Crippen LogP contribution in [0.25, 0.3) is 88.0 Å². The van der Waals surface area contributed by atoms with Crippen LogP contribution in [0.3, 0.4) is 0 Å². The molecular weight excluding hydrogens is 735 g/mol. The number of hydrogen-bond acceptors (Lipinski definition) is 1. The number of rotatable bonds is 8. The molecule has 0 aromatic heterocycles. The van der Waals surface area contributed by atoms with Crippen molar-refractivity contribution in [1.82, 2.24) is 0 Å². The van der Waals surface area contributed by atoms with Gasteiger partial charge >= 0.3 is 0 Å². The molecule has 0 heterocycles. The molecule has 11 aromatic carbocycles. The van der Waals surface area contributed by atoms with Gasteiger partial charge in [0.2, 0.25) is 0 Å². The van der Waals surface area contributed by atoms with Gasteiger partial charge in [0.05, 0.1) is 5.69 Å². The molecule has 11 rings (SSSR count). The normalized spacial score (nSPS) is 11.3. The van der Waals surface area contributed by atoms with Crippen LogP contribution in [0, 0.1) is 0 Å². The Hall–Kier alpha value is -8.00. The van der Waals surface area contributed by atoms with Gasteiger partial charge < -0.3 is 4.90 Å². The maximum atomic E-state index is 2.41. The SMILES string of the molecule is c1ccc(-c2ccc(N(c3cccc(-c4ccccc4)c3)c3ccc(-c4ccc(-c5cc6c7ccccc7ccc6c6ccccc56)cc4)cc3-c3ccccc3)cc2)cc1. The van der Waals surface area contributed by atoms with Crippen LogP contribution in [0.1, 0.15) is 0 Å². The Kier molecular flexibility index (Phi) is 9.26. The minimum atomic E-state index is 1.09. The van der Waals surface area contributed by atoms with Crippen molar-refractivity contribution >= 4 is 49.4 Å². The maximum Gasteiger partial charge on any atom is 0.0540 e. The second-order valence-electron chi connectivity index (χ2n) is 15.7. The molecule has 11 aromatic rings. The fourth-order valence-corrected chi connectivity index (χ4v) is 9.02. The highest BCUT2D eigenvalue weighted by Gasteiger charge is 2.20. The number of anilines is 3. The van der Waals surface area contributed by atoms with E-state index in [2.05, 4.69) is 254 Å². The molecule has 286 valence electrons. The smallest absolute Gasteiger partial charge is 0.0540 e. The van der Waals surface area contributed by atoms with Crippen LogP contribution in [0.2, 0.25) is 0 Å². The first-order valence-corrected chi connectivity index (χ1v) is 21.0. The van der Waals surface area contributed by atoms with Crippen LogP contribution in [-0.4, -0.2) is 0 Å². The maximum absolute atomic E-state index is 2.41. The van der Waals surface area contributed by atoms with Gasteiger partial charge in [-0.15, -0.1) is 0 Å². The van der Waals surface area contributed by atoms with E-state index in [-0.39, 0.29) is 0 Å².